The van der Waals surface area contributed by atoms with E-state index in [4.69, 9.17) is 0 Å². The van der Waals surface area contributed by atoms with E-state index >= 15 is 0 Å². The molecule has 0 spiro atoms. The fraction of sp³-hybridized carbons (Fsp3) is 0.421. The summed E-state index contributed by atoms with van der Waals surface area (Å²) in [4.78, 5) is 12.0. The van der Waals surface area contributed by atoms with Crippen molar-refractivity contribution in [2.45, 2.75) is 45.6 Å². The Morgan fingerprint density at radius 2 is 2.09 bits per heavy atom. The monoisotopic (exact) mass is 314 g/mol. The fourth-order valence-corrected chi connectivity index (χ4v) is 3.22. The number of nitrogens with zero attached hydrogens (tertiary/aromatic N) is 1. The Kier molecular flexibility index (Phi) is 4.51. The molecule has 3 nitrogen and oxygen atoms in total. The molecule has 0 atom stereocenters. The SMILES string of the molecule is Cc1cc(CCNC(=O)Cc2cccc(F)c2)c(C)n1C1CC1. The Labute approximate surface area is 136 Å². The second kappa shape index (κ2) is 6.57. The largest absolute Gasteiger partial charge is 0.355 e. The van der Waals surface area contributed by atoms with E-state index in [2.05, 4.69) is 29.8 Å². The number of carbonyl (C=O) groups excluding carboxylic acids is 1. The normalized spacial score (nSPS) is 14.0. The molecule has 0 aliphatic heterocycles. The van der Waals surface area contributed by atoms with E-state index in [9.17, 15) is 9.18 Å². The first-order valence-electron chi connectivity index (χ1n) is 8.23. The Hall–Kier alpha value is -2.10. The lowest BCUT2D eigenvalue weighted by Gasteiger charge is -2.08. The zero-order chi connectivity index (χ0) is 16.4. The molecule has 1 heterocycles. The Morgan fingerprint density at radius 3 is 2.78 bits per heavy atom. The van der Waals surface area contributed by atoms with Crippen molar-refractivity contribution in [2.24, 2.45) is 0 Å². The van der Waals surface area contributed by atoms with Gasteiger partial charge in [0.25, 0.3) is 0 Å². The lowest BCUT2D eigenvalue weighted by atomic mass is 10.1. The van der Waals surface area contributed by atoms with Crippen molar-refractivity contribution in [3.63, 3.8) is 0 Å². The Bertz CT molecular complexity index is 716. The van der Waals surface area contributed by atoms with Crippen LogP contribution in [0.4, 0.5) is 4.39 Å². The average Bonchev–Trinajstić information content (AvgIpc) is 3.27. The van der Waals surface area contributed by atoms with Gasteiger partial charge < -0.3 is 9.88 Å². The quantitative estimate of drug-likeness (QED) is 0.870. The van der Waals surface area contributed by atoms with E-state index in [1.165, 1.54) is 41.9 Å². The lowest BCUT2D eigenvalue weighted by Crippen LogP contribution is -2.27. The van der Waals surface area contributed by atoms with Crippen molar-refractivity contribution in [3.8, 4) is 0 Å². The van der Waals surface area contributed by atoms with Crippen molar-refractivity contribution >= 4 is 5.91 Å². The molecule has 4 heteroatoms. The molecular formula is C19H23FN2O. The molecule has 3 rings (SSSR count). The van der Waals surface area contributed by atoms with Crippen molar-refractivity contribution in [3.05, 3.63) is 58.7 Å². The highest BCUT2D eigenvalue weighted by atomic mass is 19.1. The molecule has 1 aromatic carbocycles. The molecule has 1 aromatic heterocycles. The van der Waals surface area contributed by atoms with E-state index < -0.39 is 0 Å². The smallest absolute Gasteiger partial charge is 0.224 e. The second-order valence-electron chi connectivity index (χ2n) is 6.40. The van der Waals surface area contributed by atoms with Gasteiger partial charge in [0.1, 0.15) is 5.82 Å². The second-order valence-corrected chi connectivity index (χ2v) is 6.40. The van der Waals surface area contributed by atoms with E-state index in [1.807, 2.05) is 0 Å². The maximum atomic E-state index is 13.1. The summed E-state index contributed by atoms with van der Waals surface area (Å²) in [6, 6.07) is 9.11. The number of nitrogens with one attached hydrogen (secondary N) is 1. The van der Waals surface area contributed by atoms with Crippen molar-refractivity contribution in [2.75, 3.05) is 6.54 Å². The van der Waals surface area contributed by atoms with E-state index in [-0.39, 0.29) is 18.1 Å². The van der Waals surface area contributed by atoms with Crippen LogP contribution in [0.5, 0.6) is 0 Å². The van der Waals surface area contributed by atoms with Gasteiger partial charge in [-0.25, -0.2) is 4.39 Å². The zero-order valence-electron chi connectivity index (χ0n) is 13.7. The maximum absolute atomic E-state index is 13.1. The third-order valence-corrected chi connectivity index (χ3v) is 4.47. The van der Waals surface area contributed by atoms with Crippen molar-refractivity contribution in [1.29, 1.82) is 0 Å². The molecule has 0 unspecified atom stereocenters. The van der Waals surface area contributed by atoms with Crippen LogP contribution >= 0.6 is 0 Å². The van der Waals surface area contributed by atoms with Gasteiger partial charge in [-0.15, -0.1) is 0 Å². The number of hydrogen-bond donors (Lipinski definition) is 1. The highest BCUT2D eigenvalue weighted by molar-refractivity contribution is 5.78. The molecular weight excluding hydrogens is 291 g/mol. The van der Waals surface area contributed by atoms with Gasteiger partial charge >= 0.3 is 0 Å². The first kappa shape index (κ1) is 15.8. The van der Waals surface area contributed by atoms with Gasteiger partial charge in [0.15, 0.2) is 0 Å². The summed E-state index contributed by atoms with van der Waals surface area (Å²) in [7, 11) is 0. The van der Waals surface area contributed by atoms with Gasteiger partial charge in [-0.2, -0.15) is 0 Å². The molecule has 0 bridgehead atoms. The highest BCUT2D eigenvalue weighted by Gasteiger charge is 2.26. The minimum atomic E-state index is -0.303. The number of aromatic nitrogens is 1. The lowest BCUT2D eigenvalue weighted by molar-refractivity contribution is -0.120. The molecule has 0 radical (unpaired) electrons. The van der Waals surface area contributed by atoms with Crippen LogP contribution in [0.15, 0.2) is 30.3 Å². The number of rotatable bonds is 6. The topological polar surface area (TPSA) is 34.0 Å². The number of hydrogen-bond acceptors (Lipinski definition) is 1. The molecule has 1 aliphatic carbocycles. The molecule has 1 saturated carbocycles. The van der Waals surface area contributed by atoms with E-state index in [1.54, 1.807) is 12.1 Å². The predicted octanol–water partition coefficient (Wildman–Crippen LogP) is 3.48. The number of halogens is 1. The highest BCUT2D eigenvalue weighted by Crippen LogP contribution is 2.38. The zero-order valence-corrected chi connectivity index (χ0v) is 13.7. The van der Waals surface area contributed by atoms with E-state index in [0.29, 0.717) is 18.2 Å². The first-order valence-corrected chi connectivity index (χ1v) is 8.23. The third kappa shape index (κ3) is 3.81. The van der Waals surface area contributed by atoms with Crippen LogP contribution in [0, 0.1) is 19.7 Å². The molecule has 1 fully saturated rings. The molecule has 0 saturated heterocycles. The predicted molar refractivity (Wildman–Crippen MR) is 89.0 cm³/mol. The van der Waals surface area contributed by atoms with Gasteiger partial charge in [-0.1, -0.05) is 12.1 Å². The average molecular weight is 314 g/mol. The summed E-state index contributed by atoms with van der Waals surface area (Å²) in [6.07, 6.45) is 3.61. The van der Waals surface area contributed by atoms with Crippen molar-refractivity contribution < 1.29 is 9.18 Å². The summed E-state index contributed by atoms with van der Waals surface area (Å²) in [5, 5.41) is 2.93. The van der Waals surface area contributed by atoms with Gasteiger partial charge in [0.05, 0.1) is 6.42 Å². The summed E-state index contributed by atoms with van der Waals surface area (Å²) >= 11 is 0. The van der Waals surface area contributed by atoms with Gasteiger partial charge in [0.2, 0.25) is 5.91 Å². The fourth-order valence-electron chi connectivity index (χ4n) is 3.22. The van der Waals surface area contributed by atoms with Crippen LogP contribution in [0.25, 0.3) is 0 Å². The molecule has 1 aliphatic rings. The molecule has 1 amide bonds. The summed E-state index contributed by atoms with van der Waals surface area (Å²) in [6.45, 7) is 4.93. The van der Waals surface area contributed by atoms with Gasteiger partial charge in [-0.3, -0.25) is 4.79 Å². The number of aryl methyl sites for hydroxylation is 1. The molecule has 23 heavy (non-hydrogen) atoms. The van der Waals surface area contributed by atoms with Crippen LogP contribution in [0.3, 0.4) is 0 Å². The third-order valence-electron chi connectivity index (χ3n) is 4.47. The van der Waals surface area contributed by atoms with Gasteiger partial charge in [-0.05, 0) is 62.4 Å². The summed E-state index contributed by atoms with van der Waals surface area (Å²) < 4.78 is 15.5. The minimum absolute atomic E-state index is 0.0633. The number of benzene rings is 1. The number of amides is 1. The van der Waals surface area contributed by atoms with E-state index in [0.717, 1.165) is 6.42 Å². The van der Waals surface area contributed by atoms with Crippen molar-refractivity contribution in [1.82, 2.24) is 9.88 Å². The van der Waals surface area contributed by atoms with Crippen LogP contribution in [-0.2, 0) is 17.6 Å². The Morgan fingerprint density at radius 1 is 1.30 bits per heavy atom. The molecule has 1 N–H and O–H groups in total. The van der Waals surface area contributed by atoms with Crippen LogP contribution in [0.2, 0.25) is 0 Å². The van der Waals surface area contributed by atoms with Crippen LogP contribution < -0.4 is 5.32 Å². The minimum Gasteiger partial charge on any atom is -0.355 e. The van der Waals surface area contributed by atoms with Crippen LogP contribution in [-0.4, -0.2) is 17.0 Å². The van der Waals surface area contributed by atoms with Crippen LogP contribution in [0.1, 0.15) is 41.4 Å². The standard InChI is InChI=1S/C19H23FN2O/c1-13-10-16(14(2)22(13)18-6-7-18)8-9-21-19(23)12-15-4-3-5-17(20)11-15/h3-5,10-11,18H,6-9,12H2,1-2H3,(H,21,23). The van der Waals surface area contributed by atoms with Gasteiger partial charge in [0, 0.05) is 24.0 Å². The summed E-state index contributed by atoms with van der Waals surface area (Å²) in [5.41, 5.74) is 4.64. The summed E-state index contributed by atoms with van der Waals surface area (Å²) in [5.74, 6) is -0.366. The molecule has 2 aromatic rings. The Balaban J connectivity index is 1.51. The first-order chi connectivity index (χ1) is 11.0. The molecule has 122 valence electrons. The number of carbonyl (C=O) groups is 1. The maximum Gasteiger partial charge on any atom is 0.224 e.